The molecule has 0 aromatic carbocycles. The summed E-state index contributed by atoms with van der Waals surface area (Å²) in [6, 6.07) is -0.795. The normalized spacial score (nSPS) is 13.3. The van der Waals surface area contributed by atoms with E-state index in [0.29, 0.717) is 11.5 Å². The molecule has 0 bridgehead atoms. The summed E-state index contributed by atoms with van der Waals surface area (Å²) in [7, 11) is 0. The maximum absolute atomic E-state index is 13.5. The van der Waals surface area contributed by atoms with Crippen LogP contribution in [-0.2, 0) is 23.6 Å². The van der Waals surface area contributed by atoms with Gasteiger partial charge in [-0.1, -0.05) is 22.8 Å². The highest BCUT2D eigenvalue weighted by Gasteiger charge is 2.30. The monoisotopic (exact) mass is 529 g/mol. The van der Waals surface area contributed by atoms with Crippen molar-refractivity contribution < 1.29 is 33.2 Å². The highest BCUT2D eigenvalue weighted by Crippen LogP contribution is 2.65. The van der Waals surface area contributed by atoms with E-state index in [2.05, 4.69) is 15.7 Å². The van der Waals surface area contributed by atoms with Gasteiger partial charge >= 0.3 is 18.2 Å². The number of hydrogen-bond acceptors (Lipinski definition) is 9. The number of hydrogen-bond donors (Lipinski definition) is 3. The highest BCUT2D eigenvalue weighted by atomic mass is 33.1. The van der Waals surface area contributed by atoms with Gasteiger partial charge in [0, 0.05) is 24.6 Å². The maximum Gasteiger partial charge on any atom is 0.407 e. The summed E-state index contributed by atoms with van der Waals surface area (Å²) in [4.78, 5) is 35.7. The molecular weight excluding hydrogens is 489 g/mol. The first-order valence-corrected chi connectivity index (χ1v) is 15.6. The molecule has 3 N–H and O–H groups in total. The van der Waals surface area contributed by atoms with E-state index in [0.717, 1.165) is 22.8 Å². The van der Waals surface area contributed by atoms with Crippen LogP contribution in [0.4, 0.5) is 9.59 Å². The predicted octanol–water partition coefficient (Wildman–Crippen LogP) is 4.54. The van der Waals surface area contributed by atoms with E-state index in [1.54, 1.807) is 62.3 Å². The summed E-state index contributed by atoms with van der Waals surface area (Å²) >= 11 is 2.21. The van der Waals surface area contributed by atoms with Crippen molar-refractivity contribution in [2.75, 3.05) is 24.6 Å². The molecule has 1 atom stereocenters. The van der Waals surface area contributed by atoms with Crippen LogP contribution in [0.1, 0.15) is 62.3 Å². The van der Waals surface area contributed by atoms with Crippen LogP contribution in [0.25, 0.3) is 0 Å². The summed E-state index contributed by atoms with van der Waals surface area (Å²) in [5.74, 6) is 0.134. The van der Waals surface area contributed by atoms with Crippen molar-refractivity contribution in [3.63, 3.8) is 0 Å². The van der Waals surface area contributed by atoms with E-state index in [1.165, 1.54) is 0 Å². The van der Waals surface area contributed by atoms with Gasteiger partial charge in [-0.05, 0) is 62.3 Å². The molecule has 13 heteroatoms. The van der Waals surface area contributed by atoms with E-state index in [4.69, 9.17) is 14.2 Å². The maximum atomic E-state index is 13.5. The van der Waals surface area contributed by atoms with E-state index >= 15 is 0 Å². The molecule has 0 aliphatic heterocycles. The molecule has 0 heterocycles. The molecule has 10 nitrogen and oxygen atoms in total. The summed E-state index contributed by atoms with van der Waals surface area (Å²) in [5, 5.41) is 8.10. The van der Waals surface area contributed by atoms with Gasteiger partial charge in [0.2, 0.25) is 0 Å². The second kappa shape index (κ2) is 14.3. The molecule has 0 aliphatic rings. The van der Waals surface area contributed by atoms with Crippen molar-refractivity contribution in [1.82, 2.24) is 15.7 Å². The topological polar surface area (TPSA) is 132 Å². The minimum absolute atomic E-state index is 0.229. The molecule has 0 unspecified atom stereocenters. The highest BCUT2D eigenvalue weighted by molar-refractivity contribution is 8.90. The molecule has 0 aromatic heterocycles. The molecule has 0 saturated carbocycles. The van der Waals surface area contributed by atoms with Crippen molar-refractivity contribution in [3.8, 4) is 0 Å². The number of ether oxygens (including phenoxy) is 3. The third kappa shape index (κ3) is 18.0. The number of amides is 2. The molecule has 0 fully saturated rings. The Morgan fingerprint density at radius 3 is 1.55 bits per heavy atom. The Bertz CT molecular complexity index is 654. The van der Waals surface area contributed by atoms with Crippen LogP contribution in [0, 0.1) is 0 Å². The largest absolute Gasteiger partial charge is 0.462 e. The Morgan fingerprint density at radius 1 is 0.818 bits per heavy atom. The Labute approximate surface area is 205 Å². The minimum atomic E-state index is -3.18. The second-order valence-corrected chi connectivity index (χ2v) is 17.3. The van der Waals surface area contributed by atoms with Crippen LogP contribution in [-0.4, -0.2) is 66.1 Å². The van der Waals surface area contributed by atoms with Gasteiger partial charge in [-0.25, -0.2) is 14.7 Å². The quantitative estimate of drug-likeness (QED) is 0.143. The summed E-state index contributed by atoms with van der Waals surface area (Å²) < 4.78 is 29.0. The molecule has 0 saturated heterocycles. The number of nitrogens with one attached hydrogen (secondary N) is 3. The molecule has 33 heavy (non-hydrogen) atoms. The zero-order chi connectivity index (χ0) is 25.9. The van der Waals surface area contributed by atoms with Gasteiger partial charge in [0.25, 0.3) is 5.70 Å². The average Bonchev–Trinajstić information content (AvgIpc) is 2.59. The summed E-state index contributed by atoms with van der Waals surface area (Å²) in [5.41, 5.74) is -4.40. The van der Waals surface area contributed by atoms with Gasteiger partial charge in [0.15, 0.2) is 0 Å². The van der Waals surface area contributed by atoms with Crippen molar-refractivity contribution in [3.05, 3.63) is 0 Å². The first-order chi connectivity index (χ1) is 14.9. The van der Waals surface area contributed by atoms with Crippen LogP contribution >= 0.6 is 28.5 Å². The standard InChI is InChI=1S/C20H40N3O7PS2/c1-14(2)28-16(24)15(3)23-31(27,32-12-10-21-17(25)29-19(4,5)6)33-13-11-22-18(26)30-20(7,8)9/h14-15H,10-13H2,1-9H3,(H,21,25)(H,22,26)(H,23,27)/t15-/m0/s1. The molecule has 194 valence electrons. The fraction of sp³-hybridized carbons (Fsp3) is 0.850. The fourth-order valence-electron chi connectivity index (χ4n) is 2.00. The van der Waals surface area contributed by atoms with Crippen LogP contribution in [0.2, 0.25) is 0 Å². The van der Waals surface area contributed by atoms with E-state index in [-0.39, 0.29) is 19.2 Å². The lowest BCUT2D eigenvalue weighted by Crippen LogP contribution is -2.35. The van der Waals surface area contributed by atoms with E-state index in [1.807, 2.05) is 0 Å². The van der Waals surface area contributed by atoms with Crippen molar-refractivity contribution in [2.24, 2.45) is 0 Å². The first kappa shape index (κ1) is 31.9. The Balaban J connectivity index is 4.84. The first-order valence-electron chi connectivity index (χ1n) is 10.7. The molecule has 0 radical (unpaired) electrons. The minimum Gasteiger partial charge on any atom is -0.462 e. The fourth-order valence-corrected chi connectivity index (χ4v) is 9.29. The lowest BCUT2D eigenvalue weighted by molar-refractivity contribution is -0.148. The molecule has 0 aromatic rings. The SMILES string of the molecule is CC(C)OC(=O)[C@H](C)NP(=O)(SCCNC(=O)OC(C)(C)C)SCCNC(=O)OC(C)(C)C. The van der Waals surface area contributed by atoms with Gasteiger partial charge in [-0.15, -0.1) is 0 Å². The smallest absolute Gasteiger partial charge is 0.407 e. The second-order valence-electron chi connectivity index (χ2n) is 9.36. The zero-order valence-electron chi connectivity index (χ0n) is 21.1. The van der Waals surface area contributed by atoms with E-state index in [9.17, 15) is 18.9 Å². The zero-order valence-corrected chi connectivity index (χ0v) is 23.6. The third-order valence-corrected chi connectivity index (χ3v) is 10.9. The van der Waals surface area contributed by atoms with Crippen molar-refractivity contribution in [1.29, 1.82) is 0 Å². The van der Waals surface area contributed by atoms with E-state index < -0.39 is 41.1 Å². The van der Waals surface area contributed by atoms with Gasteiger partial charge < -0.3 is 24.8 Å². The van der Waals surface area contributed by atoms with Gasteiger partial charge in [-0.2, -0.15) is 0 Å². The van der Waals surface area contributed by atoms with Crippen LogP contribution in [0.5, 0.6) is 0 Å². The molecule has 0 rings (SSSR count). The number of alkyl carbamates (subject to hydrolysis) is 2. The number of carbonyl (C=O) groups is 3. The number of rotatable bonds is 12. The molecular formula is C20H40N3O7PS2. The lowest BCUT2D eigenvalue weighted by atomic mass is 10.2. The van der Waals surface area contributed by atoms with Gasteiger partial charge in [-0.3, -0.25) is 9.36 Å². The summed E-state index contributed by atoms with van der Waals surface area (Å²) in [6.07, 6.45) is -1.42. The van der Waals surface area contributed by atoms with Crippen LogP contribution in [0.3, 0.4) is 0 Å². The average molecular weight is 530 g/mol. The Hall–Kier alpha value is -1.10. The van der Waals surface area contributed by atoms with Crippen molar-refractivity contribution >= 4 is 46.6 Å². The molecule has 0 spiro atoms. The Kier molecular flexibility index (Phi) is 13.9. The lowest BCUT2D eigenvalue weighted by Gasteiger charge is -2.23. The van der Waals surface area contributed by atoms with Crippen molar-refractivity contribution in [2.45, 2.75) is 85.7 Å². The molecule has 2 amide bonds. The van der Waals surface area contributed by atoms with Crippen LogP contribution < -0.4 is 15.7 Å². The predicted molar refractivity (Wildman–Crippen MR) is 135 cm³/mol. The summed E-state index contributed by atoms with van der Waals surface area (Å²) in [6.45, 7) is 16.1. The molecule has 0 aliphatic carbocycles. The van der Waals surface area contributed by atoms with Gasteiger partial charge in [0.1, 0.15) is 17.2 Å². The van der Waals surface area contributed by atoms with Gasteiger partial charge in [0.05, 0.1) is 6.10 Å². The number of carbonyl (C=O) groups excluding carboxylic acids is 3. The number of esters is 1. The third-order valence-electron chi connectivity index (χ3n) is 3.12. The van der Waals surface area contributed by atoms with Crippen LogP contribution in [0.15, 0.2) is 0 Å². The Morgan fingerprint density at radius 2 is 1.21 bits per heavy atom.